The molecular formula is C12H28N2. The van der Waals surface area contributed by atoms with Crippen LogP contribution >= 0.6 is 0 Å². The molecule has 14 heavy (non-hydrogen) atoms. The summed E-state index contributed by atoms with van der Waals surface area (Å²) in [6.07, 6.45) is 0. The Balaban J connectivity index is 3.67. The summed E-state index contributed by atoms with van der Waals surface area (Å²) < 4.78 is 0. The summed E-state index contributed by atoms with van der Waals surface area (Å²) in [6.45, 7) is 18.0. The number of hydrogen-bond donors (Lipinski definition) is 1. The van der Waals surface area contributed by atoms with Crippen LogP contribution in [0, 0.1) is 5.41 Å². The van der Waals surface area contributed by atoms with E-state index in [1.807, 2.05) is 0 Å². The second kappa shape index (κ2) is 6.41. The zero-order valence-electron chi connectivity index (χ0n) is 10.9. The van der Waals surface area contributed by atoms with Gasteiger partial charge in [-0.3, -0.25) is 4.90 Å². The van der Waals surface area contributed by atoms with Gasteiger partial charge >= 0.3 is 0 Å². The van der Waals surface area contributed by atoms with Crippen molar-refractivity contribution in [3.63, 3.8) is 0 Å². The molecule has 86 valence electrons. The van der Waals surface area contributed by atoms with Gasteiger partial charge in [0.15, 0.2) is 0 Å². The zero-order valence-corrected chi connectivity index (χ0v) is 10.9. The molecule has 0 aromatic heterocycles. The van der Waals surface area contributed by atoms with Gasteiger partial charge < -0.3 is 5.32 Å². The minimum Gasteiger partial charge on any atom is -0.315 e. The summed E-state index contributed by atoms with van der Waals surface area (Å²) in [5, 5.41) is 3.53. The third-order valence-electron chi connectivity index (χ3n) is 2.53. The second-order valence-corrected chi connectivity index (χ2v) is 5.26. The monoisotopic (exact) mass is 200 g/mol. The fraction of sp³-hybridized carbons (Fsp3) is 1.00. The van der Waals surface area contributed by atoms with Gasteiger partial charge in [-0.25, -0.2) is 0 Å². The topological polar surface area (TPSA) is 15.3 Å². The Hall–Kier alpha value is -0.0800. The van der Waals surface area contributed by atoms with Crippen LogP contribution in [0.1, 0.15) is 41.5 Å². The Morgan fingerprint density at radius 3 is 2.00 bits per heavy atom. The highest BCUT2D eigenvalue weighted by atomic mass is 15.2. The van der Waals surface area contributed by atoms with Gasteiger partial charge in [-0.05, 0) is 25.4 Å². The lowest BCUT2D eigenvalue weighted by Gasteiger charge is -2.28. The summed E-state index contributed by atoms with van der Waals surface area (Å²) in [7, 11) is 0. The number of rotatable bonds is 6. The van der Waals surface area contributed by atoms with Gasteiger partial charge in [0.25, 0.3) is 0 Å². The van der Waals surface area contributed by atoms with E-state index < -0.39 is 0 Å². The second-order valence-electron chi connectivity index (χ2n) is 5.26. The van der Waals surface area contributed by atoms with Crippen LogP contribution in [-0.4, -0.2) is 37.1 Å². The maximum Gasteiger partial charge on any atom is 0.0192 e. The van der Waals surface area contributed by atoms with Crippen LogP contribution in [0.3, 0.4) is 0 Å². The summed E-state index contributed by atoms with van der Waals surface area (Å²) in [4.78, 5) is 2.48. The molecule has 1 unspecified atom stereocenters. The molecular weight excluding hydrogens is 172 g/mol. The quantitative estimate of drug-likeness (QED) is 0.708. The zero-order chi connectivity index (χ0) is 11.2. The third kappa shape index (κ3) is 6.39. The normalized spacial score (nSPS) is 14.8. The molecule has 0 aliphatic rings. The summed E-state index contributed by atoms with van der Waals surface area (Å²) >= 11 is 0. The predicted octanol–water partition coefficient (Wildman–Crippen LogP) is 2.35. The van der Waals surface area contributed by atoms with Crippen molar-refractivity contribution in [2.24, 2.45) is 5.41 Å². The van der Waals surface area contributed by atoms with E-state index in [0.29, 0.717) is 11.5 Å². The molecule has 0 saturated carbocycles. The maximum atomic E-state index is 3.53. The molecule has 0 heterocycles. The van der Waals surface area contributed by atoms with Gasteiger partial charge in [0.2, 0.25) is 0 Å². The van der Waals surface area contributed by atoms with Gasteiger partial charge in [-0.15, -0.1) is 0 Å². The van der Waals surface area contributed by atoms with Crippen molar-refractivity contribution in [2.75, 3.05) is 26.2 Å². The smallest absolute Gasteiger partial charge is 0.0192 e. The van der Waals surface area contributed by atoms with Gasteiger partial charge in [-0.2, -0.15) is 0 Å². The van der Waals surface area contributed by atoms with Crippen LogP contribution in [0.25, 0.3) is 0 Å². The first-order valence-corrected chi connectivity index (χ1v) is 5.85. The van der Waals surface area contributed by atoms with Crippen molar-refractivity contribution in [1.29, 1.82) is 0 Å². The fourth-order valence-electron chi connectivity index (χ4n) is 1.63. The van der Waals surface area contributed by atoms with Crippen molar-refractivity contribution in [3.8, 4) is 0 Å². The Labute approximate surface area is 90.1 Å². The Kier molecular flexibility index (Phi) is 6.38. The largest absolute Gasteiger partial charge is 0.315 e. The number of nitrogens with one attached hydrogen (secondary N) is 1. The highest BCUT2D eigenvalue weighted by Gasteiger charge is 2.12. The number of likely N-dealkylation sites (N-methyl/N-ethyl adjacent to an activating group) is 1. The van der Waals surface area contributed by atoms with Crippen LogP contribution < -0.4 is 5.32 Å². The number of nitrogens with zero attached hydrogens (tertiary/aromatic N) is 1. The van der Waals surface area contributed by atoms with E-state index >= 15 is 0 Å². The van der Waals surface area contributed by atoms with E-state index in [0.717, 1.165) is 26.2 Å². The lowest BCUT2D eigenvalue weighted by atomic mass is 9.97. The maximum absolute atomic E-state index is 3.53. The first-order chi connectivity index (χ1) is 6.40. The highest BCUT2D eigenvalue weighted by Crippen LogP contribution is 2.10. The molecule has 0 aromatic rings. The van der Waals surface area contributed by atoms with Crippen molar-refractivity contribution < 1.29 is 0 Å². The molecule has 0 bridgehead atoms. The molecule has 0 radical (unpaired) electrons. The van der Waals surface area contributed by atoms with Crippen LogP contribution in [0.15, 0.2) is 0 Å². The van der Waals surface area contributed by atoms with Crippen molar-refractivity contribution >= 4 is 0 Å². The standard InChI is InChI=1S/C12H28N2/c1-7-14(8-2)11(3)9-13-10-12(4,5)6/h11,13H,7-10H2,1-6H3. The van der Waals surface area contributed by atoms with Crippen LogP contribution in [0.5, 0.6) is 0 Å². The molecule has 2 nitrogen and oxygen atoms in total. The Bertz CT molecular complexity index is 134. The van der Waals surface area contributed by atoms with Gasteiger partial charge in [0.05, 0.1) is 0 Å². The molecule has 0 aliphatic carbocycles. The molecule has 2 heteroatoms. The lowest BCUT2D eigenvalue weighted by Crippen LogP contribution is -2.42. The van der Waals surface area contributed by atoms with Gasteiger partial charge in [-0.1, -0.05) is 34.6 Å². The minimum atomic E-state index is 0.392. The van der Waals surface area contributed by atoms with Gasteiger partial charge in [0, 0.05) is 19.1 Å². The van der Waals surface area contributed by atoms with Crippen molar-refractivity contribution in [2.45, 2.75) is 47.6 Å². The highest BCUT2D eigenvalue weighted by molar-refractivity contribution is 4.70. The molecule has 0 amide bonds. The predicted molar refractivity (Wildman–Crippen MR) is 64.7 cm³/mol. The van der Waals surface area contributed by atoms with Crippen molar-refractivity contribution in [3.05, 3.63) is 0 Å². The molecule has 0 saturated heterocycles. The Morgan fingerprint density at radius 1 is 1.14 bits per heavy atom. The Morgan fingerprint density at radius 2 is 1.64 bits per heavy atom. The molecule has 1 N–H and O–H groups in total. The summed E-state index contributed by atoms with van der Waals surface area (Å²) in [5.41, 5.74) is 0.392. The molecule has 0 aromatic carbocycles. The van der Waals surface area contributed by atoms with Crippen LogP contribution in [-0.2, 0) is 0 Å². The first kappa shape index (κ1) is 13.9. The van der Waals surface area contributed by atoms with Crippen LogP contribution in [0.4, 0.5) is 0 Å². The van der Waals surface area contributed by atoms with E-state index in [1.54, 1.807) is 0 Å². The van der Waals surface area contributed by atoms with Gasteiger partial charge in [0.1, 0.15) is 0 Å². The third-order valence-corrected chi connectivity index (χ3v) is 2.53. The molecule has 0 aliphatic heterocycles. The SMILES string of the molecule is CCN(CC)C(C)CNCC(C)(C)C. The number of hydrogen-bond acceptors (Lipinski definition) is 2. The summed E-state index contributed by atoms with van der Waals surface area (Å²) in [6, 6.07) is 0.646. The fourth-order valence-corrected chi connectivity index (χ4v) is 1.63. The van der Waals surface area contributed by atoms with E-state index in [1.165, 1.54) is 0 Å². The van der Waals surface area contributed by atoms with Crippen molar-refractivity contribution in [1.82, 2.24) is 10.2 Å². The minimum absolute atomic E-state index is 0.392. The van der Waals surface area contributed by atoms with E-state index in [4.69, 9.17) is 0 Å². The molecule has 0 fully saturated rings. The average molecular weight is 200 g/mol. The van der Waals surface area contributed by atoms with Crippen LogP contribution in [0.2, 0.25) is 0 Å². The van der Waals surface area contributed by atoms with E-state index in [9.17, 15) is 0 Å². The summed E-state index contributed by atoms with van der Waals surface area (Å²) in [5.74, 6) is 0. The molecule has 0 spiro atoms. The molecule has 1 atom stereocenters. The van der Waals surface area contributed by atoms with E-state index in [-0.39, 0.29) is 0 Å². The molecule has 0 rings (SSSR count). The first-order valence-electron chi connectivity index (χ1n) is 5.85. The van der Waals surface area contributed by atoms with E-state index in [2.05, 4.69) is 51.8 Å². The lowest BCUT2D eigenvalue weighted by molar-refractivity contribution is 0.219. The average Bonchev–Trinajstić information content (AvgIpc) is 2.04.